The Morgan fingerprint density at radius 2 is 1.08 bits per heavy atom. The molecule has 74 valence electrons. The predicted molar refractivity (Wildman–Crippen MR) is 44.5 cm³/mol. The molecule has 0 saturated carbocycles. The maximum absolute atomic E-state index is 9.20. The monoisotopic (exact) mass is 178 g/mol. The van der Waals surface area contributed by atoms with Crippen molar-refractivity contribution >= 4 is 0 Å². The van der Waals surface area contributed by atoms with Crippen molar-refractivity contribution in [1.29, 1.82) is 0 Å². The number of hydrogen-bond acceptors (Lipinski definition) is 4. The number of rotatable bonds is 5. The summed E-state index contributed by atoms with van der Waals surface area (Å²) >= 11 is 0. The topological polar surface area (TPSA) is 80.9 Å². The Kier molecular flexibility index (Phi) is 5.41. The van der Waals surface area contributed by atoms with Gasteiger partial charge < -0.3 is 20.4 Å². The molecule has 4 atom stereocenters. The fraction of sp³-hybridized carbons (Fsp3) is 1.00. The summed E-state index contributed by atoms with van der Waals surface area (Å²) in [5.41, 5.74) is 0. The van der Waals surface area contributed by atoms with E-state index in [-0.39, 0.29) is 25.0 Å². The van der Waals surface area contributed by atoms with E-state index in [0.29, 0.717) is 0 Å². The fourth-order valence-electron chi connectivity index (χ4n) is 1.03. The Bertz CT molecular complexity index is 104. The Morgan fingerprint density at radius 1 is 0.833 bits per heavy atom. The zero-order chi connectivity index (χ0) is 9.72. The van der Waals surface area contributed by atoms with Crippen molar-refractivity contribution in [3.63, 3.8) is 0 Å². The smallest absolute Gasteiger partial charge is 0.0799 e. The van der Waals surface area contributed by atoms with Crippen LogP contribution in [0.4, 0.5) is 0 Å². The van der Waals surface area contributed by atoms with Crippen LogP contribution in [0.1, 0.15) is 13.8 Å². The Balaban J connectivity index is 3.99. The lowest BCUT2D eigenvalue weighted by Crippen LogP contribution is -2.35. The van der Waals surface area contributed by atoms with Gasteiger partial charge in [-0.05, 0) is 11.8 Å². The van der Waals surface area contributed by atoms with Crippen molar-refractivity contribution in [3.05, 3.63) is 0 Å². The van der Waals surface area contributed by atoms with Crippen LogP contribution >= 0.6 is 0 Å². The molecule has 4 nitrogen and oxygen atoms in total. The highest BCUT2D eigenvalue weighted by molar-refractivity contribution is 4.74. The molecule has 0 saturated heterocycles. The van der Waals surface area contributed by atoms with Gasteiger partial charge in [0.2, 0.25) is 0 Å². The molecule has 12 heavy (non-hydrogen) atoms. The van der Waals surface area contributed by atoms with E-state index in [1.54, 1.807) is 13.8 Å². The van der Waals surface area contributed by atoms with E-state index < -0.39 is 12.2 Å². The van der Waals surface area contributed by atoms with Gasteiger partial charge in [0.25, 0.3) is 0 Å². The summed E-state index contributed by atoms with van der Waals surface area (Å²) in [4.78, 5) is 0. The van der Waals surface area contributed by atoms with Crippen LogP contribution in [0.2, 0.25) is 0 Å². The molecular formula is C8H18O4. The summed E-state index contributed by atoms with van der Waals surface area (Å²) in [5, 5.41) is 35.6. The number of hydrogen-bond donors (Lipinski definition) is 4. The molecule has 0 aromatic carbocycles. The van der Waals surface area contributed by atoms with Crippen LogP contribution in [0.3, 0.4) is 0 Å². The second-order valence-electron chi connectivity index (χ2n) is 3.22. The van der Waals surface area contributed by atoms with E-state index in [4.69, 9.17) is 10.2 Å². The van der Waals surface area contributed by atoms with Crippen LogP contribution in [0.25, 0.3) is 0 Å². The van der Waals surface area contributed by atoms with Gasteiger partial charge >= 0.3 is 0 Å². The van der Waals surface area contributed by atoms with Crippen LogP contribution in [0.5, 0.6) is 0 Å². The molecule has 0 aliphatic carbocycles. The highest BCUT2D eigenvalue weighted by Gasteiger charge is 2.25. The van der Waals surface area contributed by atoms with Crippen molar-refractivity contribution in [2.45, 2.75) is 26.1 Å². The molecule has 0 aromatic rings. The Hall–Kier alpha value is -0.160. The predicted octanol–water partition coefficient (Wildman–Crippen LogP) is -1.04. The molecule has 4 heteroatoms. The van der Waals surface area contributed by atoms with Crippen LogP contribution in [0, 0.1) is 11.8 Å². The zero-order valence-corrected chi connectivity index (χ0v) is 7.51. The van der Waals surface area contributed by atoms with Gasteiger partial charge in [0, 0.05) is 0 Å². The van der Waals surface area contributed by atoms with Crippen LogP contribution in [0.15, 0.2) is 0 Å². The van der Waals surface area contributed by atoms with Crippen molar-refractivity contribution < 1.29 is 20.4 Å². The minimum absolute atomic E-state index is 0.225. The zero-order valence-electron chi connectivity index (χ0n) is 7.51. The first-order chi connectivity index (χ1) is 5.54. The van der Waals surface area contributed by atoms with E-state index in [0.717, 1.165) is 0 Å². The Labute approximate surface area is 72.5 Å². The number of aliphatic hydroxyl groups is 4. The lowest BCUT2D eigenvalue weighted by molar-refractivity contribution is -0.0215. The van der Waals surface area contributed by atoms with Crippen molar-refractivity contribution in [3.8, 4) is 0 Å². The molecule has 0 amide bonds. The SMILES string of the molecule is C[C@@H]([C@H](C)[C@@H](O)CO)[C@H](O)CO. The van der Waals surface area contributed by atoms with E-state index in [9.17, 15) is 10.2 Å². The van der Waals surface area contributed by atoms with Crippen LogP contribution in [-0.4, -0.2) is 45.8 Å². The highest BCUT2D eigenvalue weighted by atomic mass is 16.3. The second kappa shape index (κ2) is 5.48. The summed E-state index contributed by atoms with van der Waals surface area (Å²) in [6.45, 7) is 2.82. The molecule has 0 fully saturated rings. The van der Waals surface area contributed by atoms with Gasteiger partial charge in [0.15, 0.2) is 0 Å². The van der Waals surface area contributed by atoms with Gasteiger partial charge in [0.1, 0.15) is 0 Å². The molecule has 0 spiro atoms. The summed E-state index contributed by atoms with van der Waals surface area (Å²) in [6.07, 6.45) is -1.66. The fourth-order valence-corrected chi connectivity index (χ4v) is 1.03. The second-order valence-corrected chi connectivity index (χ2v) is 3.22. The molecule has 4 N–H and O–H groups in total. The molecule has 0 rings (SSSR count). The first-order valence-electron chi connectivity index (χ1n) is 4.12. The van der Waals surface area contributed by atoms with Crippen LogP contribution in [-0.2, 0) is 0 Å². The third kappa shape index (κ3) is 3.06. The standard InChI is InChI=1S/C8H18O4/c1-5(7(11)3-9)6(2)8(12)4-10/h5-12H,3-4H2,1-2H3/t5-,6-,7-,8+/m0/s1. The third-order valence-electron chi connectivity index (χ3n) is 2.42. The summed E-state index contributed by atoms with van der Waals surface area (Å²) in [6, 6.07) is 0. The minimum Gasteiger partial charge on any atom is -0.394 e. The van der Waals surface area contributed by atoms with Crippen molar-refractivity contribution in [2.24, 2.45) is 11.8 Å². The first kappa shape index (κ1) is 11.8. The van der Waals surface area contributed by atoms with Crippen molar-refractivity contribution in [1.82, 2.24) is 0 Å². The normalized spacial score (nSPS) is 21.5. The van der Waals surface area contributed by atoms with Crippen molar-refractivity contribution in [2.75, 3.05) is 13.2 Å². The molecule has 0 bridgehead atoms. The molecule has 0 aromatic heterocycles. The number of aliphatic hydroxyl groups excluding tert-OH is 4. The van der Waals surface area contributed by atoms with Crippen LogP contribution < -0.4 is 0 Å². The lowest BCUT2D eigenvalue weighted by Gasteiger charge is -2.26. The first-order valence-corrected chi connectivity index (χ1v) is 4.12. The lowest BCUT2D eigenvalue weighted by atomic mass is 9.87. The summed E-state index contributed by atoms with van der Waals surface area (Å²) in [7, 11) is 0. The summed E-state index contributed by atoms with van der Waals surface area (Å²) < 4.78 is 0. The van der Waals surface area contributed by atoms with E-state index in [2.05, 4.69) is 0 Å². The van der Waals surface area contributed by atoms with Gasteiger partial charge in [-0.25, -0.2) is 0 Å². The molecule has 0 unspecified atom stereocenters. The van der Waals surface area contributed by atoms with Gasteiger partial charge in [-0.3, -0.25) is 0 Å². The average Bonchev–Trinajstić information content (AvgIpc) is 2.12. The van der Waals surface area contributed by atoms with Gasteiger partial charge in [-0.2, -0.15) is 0 Å². The molecule has 0 heterocycles. The quantitative estimate of drug-likeness (QED) is 0.434. The Morgan fingerprint density at radius 3 is 1.25 bits per heavy atom. The van der Waals surface area contributed by atoms with Gasteiger partial charge in [-0.1, -0.05) is 13.8 Å². The maximum atomic E-state index is 9.20. The van der Waals surface area contributed by atoms with E-state index in [1.165, 1.54) is 0 Å². The van der Waals surface area contributed by atoms with Gasteiger partial charge in [0.05, 0.1) is 25.4 Å². The summed E-state index contributed by atoms with van der Waals surface area (Å²) in [5.74, 6) is -0.450. The highest BCUT2D eigenvalue weighted by Crippen LogP contribution is 2.18. The van der Waals surface area contributed by atoms with E-state index in [1.807, 2.05) is 0 Å². The molecule has 0 aliphatic heterocycles. The third-order valence-corrected chi connectivity index (χ3v) is 2.42. The average molecular weight is 178 g/mol. The minimum atomic E-state index is -0.832. The largest absolute Gasteiger partial charge is 0.394 e. The molecule has 0 aliphatic rings. The van der Waals surface area contributed by atoms with Gasteiger partial charge in [-0.15, -0.1) is 0 Å². The maximum Gasteiger partial charge on any atom is 0.0799 e. The molecule has 0 radical (unpaired) electrons. The van der Waals surface area contributed by atoms with E-state index >= 15 is 0 Å². The molecular weight excluding hydrogens is 160 g/mol.